The number of nitro benzene ring substituents is 1. The number of hydrogen-bond acceptors (Lipinski definition) is 4. The van der Waals surface area contributed by atoms with Gasteiger partial charge in [0.2, 0.25) is 0 Å². The highest BCUT2D eigenvalue weighted by Crippen LogP contribution is 2.33. The number of nitro groups is 1. The second-order valence-corrected chi connectivity index (χ2v) is 5.49. The summed E-state index contributed by atoms with van der Waals surface area (Å²) in [7, 11) is 0. The molecule has 1 atom stereocenters. The molecule has 5 heteroatoms. The van der Waals surface area contributed by atoms with E-state index in [1.807, 2.05) is 24.3 Å². The maximum Gasteiger partial charge on any atom is 0.270 e. The smallest absolute Gasteiger partial charge is 0.269 e. The fourth-order valence-corrected chi connectivity index (χ4v) is 3.21. The molecule has 1 heterocycles. The molecule has 2 aromatic carbocycles. The van der Waals surface area contributed by atoms with Crippen molar-refractivity contribution in [2.24, 2.45) is 4.99 Å². The highest BCUT2D eigenvalue weighted by molar-refractivity contribution is 8.14. The van der Waals surface area contributed by atoms with Crippen molar-refractivity contribution in [2.45, 2.75) is 6.04 Å². The lowest BCUT2D eigenvalue weighted by Gasteiger charge is -2.04. The summed E-state index contributed by atoms with van der Waals surface area (Å²) in [5.41, 5.74) is 2.11. The lowest BCUT2D eigenvalue weighted by atomic mass is 10.1. The number of rotatable bonds is 3. The summed E-state index contributed by atoms with van der Waals surface area (Å²) in [5.74, 6) is 0.877. The minimum atomic E-state index is -0.377. The third-order valence-electron chi connectivity index (χ3n) is 3.14. The predicted octanol–water partition coefficient (Wildman–Crippen LogP) is 3.83. The number of thioether (sulfide) groups is 1. The summed E-state index contributed by atoms with van der Waals surface area (Å²) in [6.07, 6.45) is 0. The molecule has 0 bridgehead atoms. The molecule has 100 valence electrons. The maximum atomic E-state index is 10.8. The van der Waals surface area contributed by atoms with Crippen LogP contribution < -0.4 is 0 Å². The minimum absolute atomic E-state index is 0.106. The van der Waals surface area contributed by atoms with Crippen LogP contribution in [0.1, 0.15) is 17.2 Å². The fraction of sp³-hybridized carbons (Fsp3) is 0.133. The van der Waals surface area contributed by atoms with Gasteiger partial charge in [0.05, 0.1) is 16.0 Å². The van der Waals surface area contributed by atoms with Crippen LogP contribution in [-0.2, 0) is 0 Å². The first-order chi connectivity index (χ1) is 9.74. The first kappa shape index (κ1) is 12.9. The van der Waals surface area contributed by atoms with Crippen LogP contribution >= 0.6 is 11.8 Å². The van der Waals surface area contributed by atoms with Gasteiger partial charge >= 0.3 is 0 Å². The van der Waals surface area contributed by atoms with Gasteiger partial charge in [-0.1, -0.05) is 42.5 Å². The average Bonchev–Trinajstić information content (AvgIpc) is 2.98. The van der Waals surface area contributed by atoms with Gasteiger partial charge in [-0.2, -0.15) is 0 Å². The van der Waals surface area contributed by atoms with Crippen molar-refractivity contribution in [3.8, 4) is 0 Å². The lowest BCUT2D eigenvalue weighted by Crippen LogP contribution is -1.95. The first-order valence-corrected chi connectivity index (χ1v) is 7.23. The van der Waals surface area contributed by atoms with E-state index in [-0.39, 0.29) is 16.7 Å². The van der Waals surface area contributed by atoms with Crippen molar-refractivity contribution in [3.63, 3.8) is 0 Å². The van der Waals surface area contributed by atoms with Crippen LogP contribution in [0.3, 0.4) is 0 Å². The molecule has 2 aromatic rings. The van der Waals surface area contributed by atoms with Crippen LogP contribution in [0.15, 0.2) is 59.6 Å². The van der Waals surface area contributed by atoms with Crippen LogP contribution in [0.4, 0.5) is 5.69 Å². The molecule has 0 saturated carbocycles. The maximum absolute atomic E-state index is 10.8. The van der Waals surface area contributed by atoms with Gasteiger partial charge in [0.15, 0.2) is 0 Å². The Kier molecular flexibility index (Phi) is 3.52. The van der Waals surface area contributed by atoms with Crippen LogP contribution in [0.25, 0.3) is 0 Å². The number of nitrogens with zero attached hydrogens (tertiary/aromatic N) is 2. The number of aliphatic imine (C=N–C) groups is 1. The molecule has 0 fully saturated rings. The van der Waals surface area contributed by atoms with Gasteiger partial charge in [0.1, 0.15) is 0 Å². The molecule has 1 aliphatic heterocycles. The summed E-state index contributed by atoms with van der Waals surface area (Å²) in [5, 5.41) is 11.7. The Morgan fingerprint density at radius 1 is 1.15 bits per heavy atom. The molecule has 4 nitrogen and oxygen atoms in total. The molecule has 1 aliphatic rings. The summed E-state index contributed by atoms with van der Waals surface area (Å²) in [6, 6.07) is 16.9. The lowest BCUT2D eigenvalue weighted by molar-refractivity contribution is -0.384. The van der Waals surface area contributed by atoms with Gasteiger partial charge in [-0.25, -0.2) is 0 Å². The van der Waals surface area contributed by atoms with Gasteiger partial charge in [0, 0.05) is 23.4 Å². The Morgan fingerprint density at radius 2 is 1.95 bits per heavy atom. The van der Waals surface area contributed by atoms with E-state index in [9.17, 15) is 10.1 Å². The Labute approximate surface area is 120 Å². The van der Waals surface area contributed by atoms with E-state index in [2.05, 4.69) is 17.1 Å². The Morgan fingerprint density at radius 3 is 2.70 bits per heavy atom. The van der Waals surface area contributed by atoms with E-state index >= 15 is 0 Å². The fourth-order valence-electron chi connectivity index (χ4n) is 2.13. The summed E-state index contributed by atoms with van der Waals surface area (Å²) in [6.45, 7) is 0. The van der Waals surface area contributed by atoms with Crippen molar-refractivity contribution in [1.82, 2.24) is 0 Å². The first-order valence-electron chi connectivity index (χ1n) is 6.24. The van der Waals surface area contributed by atoms with Gasteiger partial charge in [-0.05, 0) is 5.56 Å². The number of non-ortho nitro benzene ring substituents is 1. The molecular weight excluding hydrogens is 272 g/mol. The highest BCUT2D eigenvalue weighted by atomic mass is 32.2. The van der Waals surface area contributed by atoms with Crippen LogP contribution in [0.5, 0.6) is 0 Å². The Hall–Kier alpha value is -2.14. The van der Waals surface area contributed by atoms with Gasteiger partial charge in [-0.15, -0.1) is 11.8 Å². The molecule has 1 unspecified atom stereocenters. The van der Waals surface area contributed by atoms with E-state index in [1.165, 1.54) is 11.6 Å². The van der Waals surface area contributed by atoms with Crippen molar-refractivity contribution >= 4 is 22.5 Å². The normalized spacial score (nSPS) is 17.8. The monoisotopic (exact) mass is 284 g/mol. The Bertz CT molecular complexity index is 671. The van der Waals surface area contributed by atoms with Gasteiger partial charge < -0.3 is 0 Å². The van der Waals surface area contributed by atoms with E-state index in [0.29, 0.717) is 0 Å². The van der Waals surface area contributed by atoms with E-state index < -0.39 is 0 Å². The molecule has 20 heavy (non-hydrogen) atoms. The number of hydrogen-bond donors (Lipinski definition) is 0. The standard InChI is InChI=1S/C15H12N2O2S/c18-17(19)13-8-4-7-12(9-13)15-16-14(10-20-15)11-5-2-1-3-6-11/h1-9,14H,10H2. The second kappa shape index (κ2) is 5.46. The summed E-state index contributed by atoms with van der Waals surface area (Å²) >= 11 is 1.65. The van der Waals surface area contributed by atoms with E-state index in [4.69, 9.17) is 0 Å². The molecule has 0 aromatic heterocycles. The SMILES string of the molecule is O=[N+]([O-])c1cccc(C2=NC(c3ccccc3)CS2)c1. The summed E-state index contributed by atoms with van der Waals surface area (Å²) < 4.78 is 0. The molecule has 3 rings (SSSR count). The zero-order valence-corrected chi connectivity index (χ0v) is 11.4. The van der Waals surface area contributed by atoms with Crippen molar-refractivity contribution in [2.75, 3.05) is 5.75 Å². The van der Waals surface area contributed by atoms with Gasteiger partial charge in [0.25, 0.3) is 5.69 Å². The van der Waals surface area contributed by atoms with Crippen LogP contribution in [-0.4, -0.2) is 15.7 Å². The molecule has 0 saturated heterocycles. The zero-order chi connectivity index (χ0) is 13.9. The van der Waals surface area contributed by atoms with Crippen LogP contribution in [0.2, 0.25) is 0 Å². The largest absolute Gasteiger partial charge is 0.270 e. The molecule has 0 N–H and O–H groups in total. The predicted molar refractivity (Wildman–Crippen MR) is 81.3 cm³/mol. The summed E-state index contributed by atoms with van der Waals surface area (Å²) in [4.78, 5) is 15.1. The van der Waals surface area contributed by atoms with E-state index in [0.717, 1.165) is 16.4 Å². The van der Waals surface area contributed by atoms with Crippen molar-refractivity contribution in [3.05, 3.63) is 75.8 Å². The highest BCUT2D eigenvalue weighted by Gasteiger charge is 2.21. The molecular formula is C15H12N2O2S. The topological polar surface area (TPSA) is 55.5 Å². The average molecular weight is 284 g/mol. The number of benzene rings is 2. The van der Waals surface area contributed by atoms with Gasteiger partial charge in [-0.3, -0.25) is 15.1 Å². The van der Waals surface area contributed by atoms with E-state index in [1.54, 1.807) is 23.9 Å². The quantitative estimate of drug-likeness (QED) is 0.635. The minimum Gasteiger partial charge on any atom is -0.269 e. The van der Waals surface area contributed by atoms with Crippen molar-refractivity contribution in [1.29, 1.82) is 0 Å². The molecule has 0 aliphatic carbocycles. The van der Waals surface area contributed by atoms with Crippen molar-refractivity contribution < 1.29 is 4.92 Å². The second-order valence-electron chi connectivity index (χ2n) is 4.48. The molecule has 0 spiro atoms. The third kappa shape index (κ3) is 2.58. The molecule has 0 radical (unpaired) electrons. The Balaban J connectivity index is 1.89. The zero-order valence-electron chi connectivity index (χ0n) is 10.6. The van der Waals surface area contributed by atoms with Crippen LogP contribution in [0, 0.1) is 10.1 Å². The third-order valence-corrected chi connectivity index (χ3v) is 4.24. The molecule has 0 amide bonds.